The number of aliphatic hydroxyl groups excluding tert-OH is 1. The number of aliphatic hydroxyl groups is 1. The van der Waals surface area contributed by atoms with Crippen molar-refractivity contribution in [2.75, 3.05) is 6.54 Å². The highest BCUT2D eigenvalue weighted by Gasteiger charge is 2.34. The molecule has 0 aliphatic carbocycles. The second kappa shape index (κ2) is 3.35. The van der Waals surface area contributed by atoms with E-state index in [1.54, 1.807) is 6.92 Å². The van der Waals surface area contributed by atoms with Crippen molar-refractivity contribution in [2.24, 2.45) is 0 Å². The summed E-state index contributed by atoms with van der Waals surface area (Å²) in [5.74, 6) is -1.18. The molecule has 1 amide bonds. The summed E-state index contributed by atoms with van der Waals surface area (Å²) in [5, 5.41) is 9.06. The highest BCUT2D eigenvalue weighted by Crippen LogP contribution is 2.18. The minimum atomic E-state index is -2.96. The Morgan fingerprint density at radius 3 is 2.58 bits per heavy atom. The number of β-amino-alcohol motifs (C(OH)–C–C–N with tert-alkyl or cyclic N) is 1. The van der Waals surface area contributed by atoms with E-state index < -0.39 is 18.4 Å². The van der Waals surface area contributed by atoms with Crippen LogP contribution in [0, 0.1) is 0 Å². The average molecular weight is 179 g/mol. The highest BCUT2D eigenvalue weighted by molar-refractivity contribution is 5.79. The monoisotopic (exact) mass is 179 g/mol. The van der Waals surface area contributed by atoms with Gasteiger partial charge < -0.3 is 10.0 Å². The van der Waals surface area contributed by atoms with Gasteiger partial charge in [0.25, 0.3) is 5.91 Å². The Morgan fingerprint density at radius 1 is 1.67 bits per heavy atom. The van der Waals surface area contributed by atoms with E-state index in [9.17, 15) is 13.6 Å². The minimum Gasteiger partial charge on any atom is -0.391 e. The number of rotatable bonds is 1. The maximum Gasteiger partial charge on any atom is 0.315 e. The lowest BCUT2D eigenvalue weighted by atomic mass is 10.2. The van der Waals surface area contributed by atoms with Crippen LogP contribution in [0.2, 0.25) is 0 Å². The molecule has 1 heterocycles. The first kappa shape index (κ1) is 9.38. The van der Waals surface area contributed by atoms with Gasteiger partial charge in [-0.2, -0.15) is 8.78 Å². The summed E-state index contributed by atoms with van der Waals surface area (Å²) in [5.41, 5.74) is 0. The third-order valence-electron chi connectivity index (χ3n) is 2.02. The molecule has 0 spiro atoms. The molecule has 0 aromatic heterocycles. The topological polar surface area (TPSA) is 40.5 Å². The SMILES string of the molecule is CC1CC(O)CN1C(=O)C(F)F. The lowest BCUT2D eigenvalue weighted by Crippen LogP contribution is -2.38. The zero-order chi connectivity index (χ0) is 9.30. The van der Waals surface area contributed by atoms with E-state index in [4.69, 9.17) is 5.11 Å². The van der Waals surface area contributed by atoms with Crippen LogP contribution in [0.3, 0.4) is 0 Å². The maximum atomic E-state index is 11.9. The van der Waals surface area contributed by atoms with Crippen LogP contribution in [-0.4, -0.2) is 41.0 Å². The number of nitrogens with zero attached hydrogens (tertiary/aromatic N) is 1. The van der Waals surface area contributed by atoms with Crippen molar-refractivity contribution in [3.05, 3.63) is 0 Å². The predicted molar refractivity (Wildman–Crippen MR) is 37.8 cm³/mol. The quantitative estimate of drug-likeness (QED) is 0.626. The van der Waals surface area contributed by atoms with Crippen molar-refractivity contribution in [2.45, 2.75) is 31.9 Å². The van der Waals surface area contributed by atoms with Crippen LogP contribution in [-0.2, 0) is 4.79 Å². The Hall–Kier alpha value is -0.710. The van der Waals surface area contributed by atoms with E-state index in [-0.39, 0.29) is 12.6 Å². The van der Waals surface area contributed by atoms with Gasteiger partial charge in [-0.1, -0.05) is 0 Å². The molecule has 0 bridgehead atoms. The fourth-order valence-corrected chi connectivity index (χ4v) is 1.44. The summed E-state index contributed by atoms with van der Waals surface area (Å²) in [6.45, 7) is 1.68. The lowest BCUT2D eigenvalue weighted by Gasteiger charge is -2.20. The molecule has 0 saturated carbocycles. The van der Waals surface area contributed by atoms with E-state index in [0.29, 0.717) is 6.42 Å². The standard InChI is InChI=1S/C7H11F2NO2/c1-4-2-5(11)3-10(4)7(12)6(8)9/h4-6,11H,2-3H2,1H3. The van der Waals surface area contributed by atoms with Crippen molar-refractivity contribution in [1.29, 1.82) is 0 Å². The van der Waals surface area contributed by atoms with Gasteiger partial charge in [0.2, 0.25) is 0 Å². The first-order chi connectivity index (χ1) is 5.52. The first-order valence-corrected chi connectivity index (χ1v) is 3.79. The van der Waals surface area contributed by atoms with Crippen LogP contribution in [0.5, 0.6) is 0 Å². The van der Waals surface area contributed by atoms with Gasteiger partial charge in [0, 0.05) is 12.6 Å². The van der Waals surface area contributed by atoms with E-state index >= 15 is 0 Å². The van der Waals surface area contributed by atoms with E-state index in [1.165, 1.54) is 0 Å². The summed E-state index contributed by atoms with van der Waals surface area (Å²) in [7, 11) is 0. The molecule has 0 aromatic rings. The number of carbonyl (C=O) groups excluding carboxylic acids is 1. The first-order valence-electron chi connectivity index (χ1n) is 3.79. The Labute approximate surface area is 69.0 Å². The molecule has 1 N–H and O–H groups in total. The van der Waals surface area contributed by atoms with Gasteiger partial charge in [-0.25, -0.2) is 0 Å². The number of carbonyl (C=O) groups is 1. The summed E-state index contributed by atoms with van der Waals surface area (Å²) in [4.78, 5) is 11.8. The van der Waals surface area contributed by atoms with E-state index in [0.717, 1.165) is 4.90 Å². The number of alkyl halides is 2. The molecule has 1 aliphatic rings. The molecule has 2 unspecified atom stereocenters. The summed E-state index contributed by atoms with van der Waals surface area (Å²) in [6.07, 6.45) is -3.22. The van der Waals surface area contributed by atoms with Gasteiger partial charge in [0.05, 0.1) is 6.10 Å². The second-order valence-electron chi connectivity index (χ2n) is 3.03. The molecule has 12 heavy (non-hydrogen) atoms. The van der Waals surface area contributed by atoms with Crippen LogP contribution >= 0.6 is 0 Å². The number of amides is 1. The van der Waals surface area contributed by atoms with Crippen LogP contribution in [0.25, 0.3) is 0 Å². The van der Waals surface area contributed by atoms with Crippen LogP contribution < -0.4 is 0 Å². The Balaban J connectivity index is 2.58. The molecule has 0 aromatic carbocycles. The summed E-state index contributed by atoms with van der Waals surface area (Å²) in [6, 6.07) is -0.276. The van der Waals surface area contributed by atoms with Gasteiger partial charge in [-0.05, 0) is 13.3 Å². The molecule has 5 heteroatoms. The van der Waals surface area contributed by atoms with Crippen molar-refractivity contribution in [3.8, 4) is 0 Å². The van der Waals surface area contributed by atoms with Crippen LogP contribution in [0.4, 0.5) is 8.78 Å². The van der Waals surface area contributed by atoms with Gasteiger partial charge in [-0.15, -0.1) is 0 Å². The van der Waals surface area contributed by atoms with Gasteiger partial charge in [0.1, 0.15) is 0 Å². The third-order valence-corrected chi connectivity index (χ3v) is 2.02. The predicted octanol–water partition coefficient (Wildman–Crippen LogP) is 0.233. The fourth-order valence-electron chi connectivity index (χ4n) is 1.44. The van der Waals surface area contributed by atoms with Crippen LogP contribution in [0.1, 0.15) is 13.3 Å². The molecule has 3 nitrogen and oxygen atoms in total. The third kappa shape index (κ3) is 1.72. The molecule has 0 radical (unpaired) electrons. The van der Waals surface area contributed by atoms with Crippen LogP contribution in [0.15, 0.2) is 0 Å². The van der Waals surface area contributed by atoms with Crippen molar-refractivity contribution >= 4 is 5.91 Å². The zero-order valence-electron chi connectivity index (χ0n) is 6.70. The molecule has 1 saturated heterocycles. The Kier molecular flexibility index (Phi) is 2.62. The number of hydrogen-bond acceptors (Lipinski definition) is 2. The Morgan fingerprint density at radius 2 is 2.25 bits per heavy atom. The second-order valence-corrected chi connectivity index (χ2v) is 3.03. The normalized spacial score (nSPS) is 29.9. The highest BCUT2D eigenvalue weighted by atomic mass is 19.3. The maximum absolute atomic E-state index is 11.9. The van der Waals surface area contributed by atoms with Gasteiger partial charge >= 0.3 is 6.43 Å². The number of hydrogen-bond donors (Lipinski definition) is 1. The van der Waals surface area contributed by atoms with E-state index in [2.05, 4.69) is 0 Å². The molecule has 70 valence electrons. The molecule has 2 atom stereocenters. The number of halogens is 2. The summed E-state index contributed by atoms with van der Waals surface area (Å²) >= 11 is 0. The Bertz CT molecular complexity index is 186. The molecule has 1 rings (SSSR count). The largest absolute Gasteiger partial charge is 0.391 e. The van der Waals surface area contributed by atoms with Crippen molar-refractivity contribution in [1.82, 2.24) is 4.90 Å². The molecular formula is C7H11F2NO2. The molecular weight excluding hydrogens is 168 g/mol. The summed E-state index contributed by atoms with van der Waals surface area (Å²) < 4.78 is 23.8. The zero-order valence-corrected chi connectivity index (χ0v) is 6.70. The number of likely N-dealkylation sites (tertiary alicyclic amines) is 1. The van der Waals surface area contributed by atoms with E-state index in [1.807, 2.05) is 0 Å². The van der Waals surface area contributed by atoms with Gasteiger partial charge in [0.15, 0.2) is 0 Å². The average Bonchev–Trinajstić information content (AvgIpc) is 2.28. The molecule has 1 fully saturated rings. The molecule has 1 aliphatic heterocycles. The van der Waals surface area contributed by atoms with Gasteiger partial charge in [-0.3, -0.25) is 4.79 Å². The fraction of sp³-hybridized carbons (Fsp3) is 0.857. The van der Waals surface area contributed by atoms with Crippen molar-refractivity contribution in [3.63, 3.8) is 0 Å². The van der Waals surface area contributed by atoms with Crippen molar-refractivity contribution < 1.29 is 18.7 Å². The lowest BCUT2D eigenvalue weighted by molar-refractivity contribution is -0.143. The smallest absolute Gasteiger partial charge is 0.315 e. The minimum absolute atomic E-state index is 0.0321.